The fraction of sp³-hybridized carbons (Fsp3) is 0.250. The van der Waals surface area contributed by atoms with Crippen LogP contribution in [0.1, 0.15) is 11.1 Å². The summed E-state index contributed by atoms with van der Waals surface area (Å²) in [5.74, 6) is -0.301. The molecule has 0 saturated carbocycles. The zero-order valence-electron chi connectivity index (χ0n) is 15.9. The van der Waals surface area contributed by atoms with Crippen molar-refractivity contribution in [2.24, 2.45) is 0 Å². The summed E-state index contributed by atoms with van der Waals surface area (Å²) < 4.78 is 40.3. The molecule has 1 amide bonds. The molecule has 0 spiro atoms. The Labute approximate surface area is 185 Å². The van der Waals surface area contributed by atoms with E-state index in [1.807, 2.05) is 0 Å². The quantitative estimate of drug-likeness (QED) is 0.344. The zero-order valence-corrected chi connectivity index (χ0v) is 17.4. The number of nitro groups is 1. The average molecular weight is 474 g/mol. The summed E-state index contributed by atoms with van der Waals surface area (Å²) in [4.78, 5) is 25.4. The van der Waals surface area contributed by atoms with E-state index in [0.717, 1.165) is 12.1 Å². The van der Waals surface area contributed by atoms with Crippen LogP contribution in [0.3, 0.4) is 0 Å². The number of piperazine rings is 1. The van der Waals surface area contributed by atoms with Gasteiger partial charge in [0.15, 0.2) is 0 Å². The number of nitro benzene ring substituents is 1. The lowest BCUT2D eigenvalue weighted by molar-refractivity contribution is -0.385. The topological polar surface area (TPSA) is 66.7 Å². The molecule has 1 saturated heterocycles. The molecule has 11 heteroatoms. The second-order valence-corrected chi connectivity index (χ2v) is 7.61. The standard InChI is InChI=1S/C20H16Cl2F3N3O3/c21-14-3-1-13(17(22)11-14)2-6-19(29)27-9-7-26(8-10-27)18-5-4-15(28(30)31)12-16(18)20(23,24)25/h1-6,11-12H,7-10H2/b6-2+. The van der Waals surface area contributed by atoms with Crippen LogP contribution in [0.4, 0.5) is 24.5 Å². The molecule has 1 fully saturated rings. The number of non-ortho nitro benzene ring substituents is 1. The van der Waals surface area contributed by atoms with Crippen molar-refractivity contribution in [1.82, 2.24) is 4.90 Å². The van der Waals surface area contributed by atoms with Gasteiger partial charge in [-0.1, -0.05) is 29.3 Å². The van der Waals surface area contributed by atoms with Crippen LogP contribution in [-0.2, 0) is 11.0 Å². The van der Waals surface area contributed by atoms with E-state index in [1.54, 1.807) is 24.3 Å². The predicted molar refractivity (Wildman–Crippen MR) is 112 cm³/mol. The summed E-state index contributed by atoms with van der Waals surface area (Å²) in [6.45, 7) is 0.710. The number of anilines is 1. The minimum Gasteiger partial charge on any atom is -0.367 e. The molecule has 1 heterocycles. The van der Waals surface area contributed by atoms with Crippen molar-refractivity contribution in [3.05, 3.63) is 73.8 Å². The molecule has 1 aliphatic heterocycles. The molecule has 164 valence electrons. The van der Waals surface area contributed by atoms with E-state index in [1.165, 1.54) is 15.9 Å². The number of amides is 1. The lowest BCUT2D eigenvalue weighted by Gasteiger charge is -2.36. The number of carbonyl (C=O) groups excluding carboxylic acids is 1. The maximum absolute atomic E-state index is 13.4. The lowest BCUT2D eigenvalue weighted by atomic mass is 10.1. The molecule has 2 aromatic carbocycles. The first-order valence-electron chi connectivity index (χ1n) is 9.09. The van der Waals surface area contributed by atoms with Gasteiger partial charge in [0.2, 0.25) is 5.91 Å². The Morgan fingerprint density at radius 1 is 1.06 bits per heavy atom. The van der Waals surface area contributed by atoms with Crippen LogP contribution in [0.2, 0.25) is 10.0 Å². The SMILES string of the molecule is O=C(/C=C/c1ccc(Cl)cc1Cl)N1CCN(c2ccc([N+](=O)[O-])cc2C(F)(F)F)CC1. The number of carbonyl (C=O) groups is 1. The molecular formula is C20H16Cl2F3N3O3. The second kappa shape index (κ2) is 9.15. The van der Waals surface area contributed by atoms with Crippen LogP contribution < -0.4 is 4.90 Å². The highest BCUT2D eigenvalue weighted by atomic mass is 35.5. The van der Waals surface area contributed by atoms with Gasteiger partial charge >= 0.3 is 6.18 Å². The molecule has 3 rings (SSSR count). The van der Waals surface area contributed by atoms with E-state index in [-0.39, 0.29) is 37.8 Å². The van der Waals surface area contributed by atoms with Crippen molar-refractivity contribution in [1.29, 1.82) is 0 Å². The minimum atomic E-state index is -4.74. The number of alkyl halides is 3. The number of rotatable bonds is 4. The van der Waals surface area contributed by atoms with E-state index in [0.29, 0.717) is 21.7 Å². The highest BCUT2D eigenvalue weighted by Crippen LogP contribution is 2.39. The van der Waals surface area contributed by atoms with Crippen LogP contribution in [-0.4, -0.2) is 41.9 Å². The van der Waals surface area contributed by atoms with Crippen LogP contribution in [0.15, 0.2) is 42.5 Å². The van der Waals surface area contributed by atoms with Gasteiger partial charge in [0.25, 0.3) is 5.69 Å². The number of halogens is 5. The summed E-state index contributed by atoms with van der Waals surface area (Å²) in [6.07, 6.45) is -1.85. The van der Waals surface area contributed by atoms with E-state index < -0.39 is 22.4 Å². The van der Waals surface area contributed by atoms with Gasteiger partial charge in [-0.05, 0) is 29.8 Å². The molecule has 0 aromatic heterocycles. The molecule has 2 aromatic rings. The lowest BCUT2D eigenvalue weighted by Crippen LogP contribution is -2.48. The molecule has 0 radical (unpaired) electrons. The van der Waals surface area contributed by atoms with Gasteiger partial charge in [0.05, 0.1) is 10.5 Å². The molecule has 31 heavy (non-hydrogen) atoms. The van der Waals surface area contributed by atoms with Crippen LogP contribution >= 0.6 is 23.2 Å². The Hall–Kier alpha value is -2.78. The number of nitrogens with zero attached hydrogens (tertiary/aromatic N) is 3. The van der Waals surface area contributed by atoms with E-state index in [4.69, 9.17) is 23.2 Å². The third-order valence-corrected chi connectivity index (χ3v) is 5.36. The monoisotopic (exact) mass is 473 g/mol. The maximum Gasteiger partial charge on any atom is 0.418 e. The van der Waals surface area contributed by atoms with Gasteiger partial charge in [-0.15, -0.1) is 0 Å². The first-order valence-corrected chi connectivity index (χ1v) is 9.84. The van der Waals surface area contributed by atoms with Crippen LogP contribution in [0.5, 0.6) is 0 Å². The van der Waals surface area contributed by atoms with Gasteiger partial charge in [-0.25, -0.2) is 0 Å². The molecule has 0 atom stereocenters. The first-order chi connectivity index (χ1) is 14.6. The summed E-state index contributed by atoms with van der Waals surface area (Å²) in [6, 6.07) is 7.53. The highest BCUT2D eigenvalue weighted by molar-refractivity contribution is 6.35. The van der Waals surface area contributed by atoms with Gasteiger partial charge in [0.1, 0.15) is 0 Å². The third kappa shape index (κ3) is 5.48. The van der Waals surface area contributed by atoms with Gasteiger partial charge in [-0.2, -0.15) is 13.2 Å². The Kier molecular flexibility index (Phi) is 6.76. The second-order valence-electron chi connectivity index (χ2n) is 6.77. The fourth-order valence-electron chi connectivity index (χ4n) is 3.21. The number of benzene rings is 2. The predicted octanol–water partition coefficient (Wildman–Crippen LogP) is 5.28. The maximum atomic E-state index is 13.4. The molecule has 0 unspecified atom stereocenters. The molecule has 0 bridgehead atoms. The van der Waals surface area contributed by atoms with Gasteiger partial charge < -0.3 is 9.80 Å². The first kappa shape index (κ1) is 22.9. The minimum absolute atomic E-state index is 0.145. The van der Waals surface area contributed by atoms with Crippen molar-refractivity contribution in [3.63, 3.8) is 0 Å². The van der Waals surface area contributed by atoms with Crippen molar-refractivity contribution in [3.8, 4) is 0 Å². The van der Waals surface area contributed by atoms with E-state index >= 15 is 0 Å². The van der Waals surface area contributed by atoms with Gasteiger partial charge in [0, 0.05) is 60.1 Å². The molecule has 1 aliphatic rings. The van der Waals surface area contributed by atoms with Crippen molar-refractivity contribution < 1.29 is 22.9 Å². The molecule has 0 N–H and O–H groups in total. The van der Waals surface area contributed by atoms with Crippen LogP contribution in [0.25, 0.3) is 6.08 Å². The number of hydrogen-bond acceptors (Lipinski definition) is 4. The average Bonchev–Trinajstić information content (AvgIpc) is 2.72. The largest absolute Gasteiger partial charge is 0.418 e. The Balaban J connectivity index is 1.70. The van der Waals surface area contributed by atoms with E-state index in [9.17, 15) is 28.1 Å². The Morgan fingerprint density at radius 3 is 2.32 bits per heavy atom. The smallest absolute Gasteiger partial charge is 0.367 e. The summed E-state index contributed by atoms with van der Waals surface area (Å²) >= 11 is 11.9. The summed E-state index contributed by atoms with van der Waals surface area (Å²) in [5, 5.41) is 11.7. The van der Waals surface area contributed by atoms with Crippen molar-refractivity contribution in [2.45, 2.75) is 6.18 Å². The summed E-state index contributed by atoms with van der Waals surface area (Å²) in [5.41, 5.74) is -1.23. The normalized spacial score (nSPS) is 14.9. The van der Waals surface area contributed by atoms with Crippen molar-refractivity contribution >= 4 is 46.6 Å². The zero-order chi connectivity index (χ0) is 22.8. The summed E-state index contributed by atoms with van der Waals surface area (Å²) in [7, 11) is 0. The fourth-order valence-corrected chi connectivity index (χ4v) is 3.68. The molecular weight excluding hydrogens is 458 g/mol. The van der Waals surface area contributed by atoms with E-state index in [2.05, 4.69) is 0 Å². The van der Waals surface area contributed by atoms with Crippen LogP contribution in [0, 0.1) is 10.1 Å². The highest BCUT2D eigenvalue weighted by Gasteiger charge is 2.37. The van der Waals surface area contributed by atoms with Crippen molar-refractivity contribution in [2.75, 3.05) is 31.1 Å². The molecule has 0 aliphatic carbocycles. The number of hydrogen-bond donors (Lipinski definition) is 0. The third-order valence-electron chi connectivity index (χ3n) is 4.80. The Bertz CT molecular complexity index is 1040. The Morgan fingerprint density at radius 2 is 1.74 bits per heavy atom. The van der Waals surface area contributed by atoms with Gasteiger partial charge in [-0.3, -0.25) is 14.9 Å². The molecule has 6 nitrogen and oxygen atoms in total.